The molecule has 1 amide bonds. The Hall–Kier alpha value is -2.01. The van der Waals surface area contributed by atoms with Gasteiger partial charge in [0.1, 0.15) is 0 Å². The van der Waals surface area contributed by atoms with Gasteiger partial charge in [0.25, 0.3) is 5.91 Å². The van der Waals surface area contributed by atoms with Gasteiger partial charge >= 0.3 is 0 Å². The van der Waals surface area contributed by atoms with Gasteiger partial charge in [-0.05, 0) is 31.5 Å². The van der Waals surface area contributed by atoms with E-state index in [1.807, 2.05) is 13.0 Å². The molecule has 0 bridgehead atoms. The number of carbonyl (C=O) groups is 1. The van der Waals surface area contributed by atoms with Crippen LogP contribution in [0.2, 0.25) is 5.02 Å². The molecule has 0 unspecified atom stereocenters. The van der Waals surface area contributed by atoms with Crippen LogP contribution in [0.5, 0.6) is 0 Å². The van der Waals surface area contributed by atoms with Crippen LogP contribution in [0.25, 0.3) is 0 Å². The van der Waals surface area contributed by atoms with E-state index in [9.17, 15) is 4.79 Å². The van der Waals surface area contributed by atoms with Gasteiger partial charge in [-0.15, -0.1) is 0 Å². The summed E-state index contributed by atoms with van der Waals surface area (Å²) >= 11 is 6.02. The minimum Gasteiger partial charge on any atom is -0.394 e. The molecule has 0 radical (unpaired) electrons. The maximum atomic E-state index is 12.0. The van der Waals surface area contributed by atoms with Gasteiger partial charge in [0.05, 0.1) is 22.0 Å². The molecule has 0 spiro atoms. The second kappa shape index (κ2) is 4.70. The summed E-state index contributed by atoms with van der Waals surface area (Å²) in [6.45, 7) is 3.68. The van der Waals surface area contributed by atoms with Gasteiger partial charge in [-0.2, -0.15) is 5.10 Å². The molecule has 94 valence electrons. The highest BCUT2D eigenvalue weighted by Crippen LogP contribution is 2.22. The van der Waals surface area contributed by atoms with Crippen LogP contribution >= 0.6 is 11.6 Å². The molecule has 1 heterocycles. The molecule has 2 rings (SSSR count). The van der Waals surface area contributed by atoms with E-state index in [4.69, 9.17) is 17.3 Å². The van der Waals surface area contributed by atoms with Crippen molar-refractivity contribution >= 4 is 29.0 Å². The molecule has 0 saturated heterocycles. The summed E-state index contributed by atoms with van der Waals surface area (Å²) in [5.41, 5.74) is 8.26. The Balaban J connectivity index is 2.25. The largest absolute Gasteiger partial charge is 0.394 e. The number of anilines is 2. The smallest absolute Gasteiger partial charge is 0.258 e. The number of nitrogens with one attached hydrogen (secondary N) is 2. The molecule has 5 nitrogen and oxygen atoms in total. The minimum atomic E-state index is -0.335. The zero-order valence-corrected chi connectivity index (χ0v) is 10.8. The molecular formula is C12H13ClN4O. The number of carbonyl (C=O) groups excluding carboxylic acids is 1. The minimum absolute atomic E-state index is 0.314. The Bertz CT molecular complexity index is 606. The number of H-pyrrole nitrogens is 1. The van der Waals surface area contributed by atoms with Crippen molar-refractivity contribution in [2.45, 2.75) is 13.8 Å². The number of aryl methyl sites for hydroxylation is 2. The topological polar surface area (TPSA) is 83.8 Å². The molecule has 0 atom stereocenters. The standard InChI is InChI=1S/C12H13ClN4O/c1-6-3-4-8(9(13)5-6)12(18)15-11-10(14)7(2)16-17-11/h3-5H,14H2,1-2H3,(H2,15,16,17,18). The molecule has 0 fully saturated rings. The predicted octanol–water partition coefficient (Wildman–Crippen LogP) is 2.51. The van der Waals surface area contributed by atoms with Crippen LogP contribution in [0.3, 0.4) is 0 Å². The van der Waals surface area contributed by atoms with Crippen LogP contribution in [0, 0.1) is 13.8 Å². The van der Waals surface area contributed by atoms with Crippen molar-refractivity contribution in [3.05, 3.63) is 40.0 Å². The first-order valence-corrected chi connectivity index (χ1v) is 5.74. The first-order valence-electron chi connectivity index (χ1n) is 5.37. The van der Waals surface area contributed by atoms with E-state index in [2.05, 4.69) is 15.5 Å². The average Bonchev–Trinajstić information content (AvgIpc) is 2.61. The quantitative estimate of drug-likeness (QED) is 0.779. The fourth-order valence-corrected chi connectivity index (χ4v) is 1.83. The highest BCUT2D eigenvalue weighted by Gasteiger charge is 2.14. The fourth-order valence-electron chi connectivity index (χ4n) is 1.51. The lowest BCUT2D eigenvalue weighted by atomic mass is 10.1. The van der Waals surface area contributed by atoms with Crippen LogP contribution in [0.15, 0.2) is 18.2 Å². The highest BCUT2D eigenvalue weighted by molar-refractivity contribution is 6.34. The number of nitrogen functional groups attached to an aromatic ring is 1. The van der Waals surface area contributed by atoms with E-state index < -0.39 is 0 Å². The lowest BCUT2D eigenvalue weighted by Gasteiger charge is -2.05. The lowest BCUT2D eigenvalue weighted by molar-refractivity contribution is 0.102. The molecule has 4 N–H and O–H groups in total. The summed E-state index contributed by atoms with van der Waals surface area (Å²) < 4.78 is 0. The fraction of sp³-hybridized carbons (Fsp3) is 0.167. The lowest BCUT2D eigenvalue weighted by Crippen LogP contribution is -2.14. The van der Waals surface area contributed by atoms with Crippen molar-refractivity contribution < 1.29 is 4.79 Å². The SMILES string of the molecule is Cc1ccc(C(=O)Nc2n[nH]c(C)c2N)c(Cl)c1. The summed E-state index contributed by atoms with van der Waals surface area (Å²) in [5, 5.41) is 9.62. The summed E-state index contributed by atoms with van der Waals surface area (Å²) in [7, 11) is 0. The second-order valence-electron chi connectivity index (χ2n) is 4.05. The third-order valence-electron chi connectivity index (χ3n) is 2.60. The van der Waals surface area contributed by atoms with Gasteiger partial charge in [0.2, 0.25) is 0 Å². The number of hydrogen-bond donors (Lipinski definition) is 3. The molecule has 1 aromatic heterocycles. The van der Waals surface area contributed by atoms with Crippen molar-refractivity contribution in [1.82, 2.24) is 10.2 Å². The van der Waals surface area contributed by atoms with Gasteiger partial charge in [0.15, 0.2) is 5.82 Å². The van der Waals surface area contributed by atoms with Gasteiger partial charge < -0.3 is 11.1 Å². The van der Waals surface area contributed by atoms with Crippen molar-refractivity contribution in [1.29, 1.82) is 0 Å². The maximum absolute atomic E-state index is 12.0. The van der Waals surface area contributed by atoms with Crippen LogP contribution in [0.4, 0.5) is 11.5 Å². The van der Waals surface area contributed by atoms with E-state index in [0.717, 1.165) is 5.56 Å². The predicted molar refractivity (Wildman–Crippen MR) is 71.9 cm³/mol. The summed E-state index contributed by atoms with van der Waals surface area (Å²) in [5.74, 6) is -0.0210. The highest BCUT2D eigenvalue weighted by atomic mass is 35.5. The molecule has 0 aliphatic carbocycles. The maximum Gasteiger partial charge on any atom is 0.258 e. The van der Waals surface area contributed by atoms with Gasteiger partial charge in [0, 0.05) is 0 Å². The number of aromatic nitrogens is 2. The first-order chi connectivity index (χ1) is 8.49. The molecule has 1 aromatic carbocycles. The average molecular weight is 265 g/mol. The van der Waals surface area contributed by atoms with Crippen molar-refractivity contribution in [2.75, 3.05) is 11.1 Å². The van der Waals surface area contributed by atoms with E-state index in [1.165, 1.54) is 0 Å². The van der Waals surface area contributed by atoms with Crippen molar-refractivity contribution in [3.8, 4) is 0 Å². The number of benzene rings is 1. The summed E-state index contributed by atoms with van der Waals surface area (Å²) in [6.07, 6.45) is 0. The monoisotopic (exact) mass is 264 g/mol. The Morgan fingerprint density at radius 2 is 2.17 bits per heavy atom. The number of aromatic amines is 1. The van der Waals surface area contributed by atoms with Gasteiger partial charge in [-0.25, -0.2) is 0 Å². The number of nitrogens with two attached hydrogens (primary N) is 1. The van der Waals surface area contributed by atoms with E-state index in [-0.39, 0.29) is 5.91 Å². The second-order valence-corrected chi connectivity index (χ2v) is 4.46. The van der Waals surface area contributed by atoms with Crippen LogP contribution in [-0.2, 0) is 0 Å². The first kappa shape index (κ1) is 12.4. The normalized spacial score (nSPS) is 10.4. The number of hydrogen-bond acceptors (Lipinski definition) is 3. The van der Waals surface area contributed by atoms with Gasteiger partial charge in [-0.3, -0.25) is 9.89 Å². The zero-order valence-electron chi connectivity index (χ0n) is 10.0. The summed E-state index contributed by atoms with van der Waals surface area (Å²) in [6, 6.07) is 5.22. The molecule has 18 heavy (non-hydrogen) atoms. The number of nitrogens with zero attached hydrogens (tertiary/aromatic N) is 1. The molecular weight excluding hydrogens is 252 g/mol. The van der Waals surface area contributed by atoms with Gasteiger partial charge in [-0.1, -0.05) is 17.7 Å². The third-order valence-corrected chi connectivity index (χ3v) is 2.91. The Labute approximate surface area is 109 Å². The molecule has 6 heteroatoms. The van der Waals surface area contributed by atoms with E-state index in [1.54, 1.807) is 19.1 Å². The van der Waals surface area contributed by atoms with Crippen molar-refractivity contribution in [3.63, 3.8) is 0 Å². The Morgan fingerprint density at radius 3 is 2.72 bits per heavy atom. The number of halogens is 1. The van der Waals surface area contributed by atoms with E-state index in [0.29, 0.717) is 27.8 Å². The third kappa shape index (κ3) is 2.31. The van der Waals surface area contributed by atoms with Crippen molar-refractivity contribution in [2.24, 2.45) is 0 Å². The molecule has 0 saturated carbocycles. The zero-order chi connectivity index (χ0) is 13.3. The number of rotatable bonds is 2. The Morgan fingerprint density at radius 1 is 1.44 bits per heavy atom. The number of amides is 1. The Kier molecular flexibility index (Phi) is 3.25. The molecule has 0 aliphatic heterocycles. The van der Waals surface area contributed by atoms with E-state index >= 15 is 0 Å². The van der Waals surface area contributed by atoms with Crippen LogP contribution in [-0.4, -0.2) is 16.1 Å². The van der Waals surface area contributed by atoms with Crippen LogP contribution < -0.4 is 11.1 Å². The summed E-state index contributed by atoms with van der Waals surface area (Å²) in [4.78, 5) is 12.0. The molecule has 2 aromatic rings. The molecule has 0 aliphatic rings. The van der Waals surface area contributed by atoms with Crippen LogP contribution in [0.1, 0.15) is 21.6 Å².